The monoisotopic (exact) mass is 366 g/mol. The quantitative estimate of drug-likeness (QED) is 0.783. The van der Waals surface area contributed by atoms with Crippen LogP contribution in [0.3, 0.4) is 0 Å². The van der Waals surface area contributed by atoms with Crippen LogP contribution in [0.25, 0.3) is 10.9 Å². The molecule has 1 aromatic heterocycles. The lowest BCUT2D eigenvalue weighted by atomic mass is 10.0. The Morgan fingerprint density at radius 1 is 1.20 bits per heavy atom. The number of fused-ring (bicyclic) bond motifs is 2. The molecule has 0 fully saturated rings. The number of aromatic nitrogens is 1. The van der Waals surface area contributed by atoms with Crippen LogP contribution < -0.4 is 15.2 Å². The van der Waals surface area contributed by atoms with Crippen molar-refractivity contribution in [2.24, 2.45) is 0 Å². The van der Waals surface area contributed by atoms with E-state index in [4.69, 9.17) is 4.74 Å². The third-order valence-corrected chi connectivity index (χ3v) is 3.90. The van der Waals surface area contributed by atoms with Gasteiger partial charge in [0.25, 0.3) is 0 Å². The van der Waals surface area contributed by atoms with Crippen molar-refractivity contribution in [3.63, 3.8) is 0 Å². The summed E-state index contributed by atoms with van der Waals surface area (Å²) in [6.07, 6.45) is -9.35. The fourth-order valence-electron chi connectivity index (χ4n) is 2.82. The van der Waals surface area contributed by atoms with Crippen molar-refractivity contribution in [1.29, 1.82) is 0 Å². The third kappa shape index (κ3) is 3.38. The van der Waals surface area contributed by atoms with E-state index in [0.717, 1.165) is 17.0 Å². The van der Waals surface area contributed by atoms with Gasteiger partial charge in [-0.3, -0.25) is 4.79 Å². The summed E-state index contributed by atoms with van der Waals surface area (Å²) in [4.78, 5) is 14.7. The van der Waals surface area contributed by atoms with Gasteiger partial charge in [0, 0.05) is 17.5 Å². The highest BCUT2D eigenvalue weighted by Crippen LogP contribution is 2.41. The number of pyridine rings is 1. The van der Waals surface area contributed by atoms with Crippen LogP contribution in [-0.2, 0) is 6.18 Å². The lowest BCUT2D eigenvalue weighted by Crippen LogP contribution is -2.46. The molecule has 1 aliphatic rings. The van der Waals surface area contributed by atoms with Crippen molar-refractivity contribution >= 4 is 16.6 Å². The molecule has 0 saturated heterocycles. The Labute approximate surface area is 137 Å². The van der Waals surface area contributed by atoms with Gasteiger partial charge < -0.3 is 14.6 Å². The smallest absolute Gasteiger partial charge is 0.417 e. The zero-order valence-electron chi connectivity index (χ0n) is 12.8. The Morgan fingerprint density at radius 2 is 1.88 bits per heavy atom. The van der Waals surface area contributed by atoms with Gasteiger partial charge in [0.1, 0.15) is 18.9 Å². The van der Waals surface area contributed by atoms with Crippen LogP contribution in [0.4, 0.5) is 32.0 Å². The zero-order valence-corrected chi connectivity index (χ0v) is 12.8. The lowest BCUT2D eigenvalue weighted by molar-refractivity contribution is -0.136. The topological polar surface area (TPSA) is 45.3 Å². The zero-order chi connectivity index (χ0) is 18.6. The van der Waals surface area contributed by atoms with Crippen molar-refractivity contribution in [3.8, 4) is 5.75 Å². The van der Waals surface area contributed by atoms with Gasteiger partial charge in [0.2, 0.25) is 5.56 Å². The number of halogens is 6. The Bertz CT molecular complexity index is 871. The highest BCUT2D eigenvalue weighted by Gasteiger charge is 2.38. The van der Waals surface area contributed by atoms with Gasteiger partial charge in [-0.2, -0.15) is 26.3 Å². The number of anilines is 1. The van der Waals surface area contributed by atoms with Gasteiger partial charge >= 0.3 is 12.4 Å². The number of H-pyrrole nitrogens is 1. The molecule has 4 nitrogen and oxygen atoms in total. The summed E-state index contributed by atoms with van der Waals surface area (Å²) in [7, 11) is 0. The van der Waals surface area contributed by atoms with Crippen molar-refractivity contribution in [2.75, 3.05) is 18.1 Å². The molecule has 0 amide bonds. The predicted molar refractivity (Wildman–Crippen MR) is 77.9 cm³/mol. The summed E-state index contributed by atoms with van der Waals surface area (Å²) in [6, 6.07) is 1.81. The molecule has 0 saturated carbocycles. The van der Waals surface area contributed by atoms with Crippen LogP contribution in [0.1, 0.15) is 12.5 Å². The van der Waals surface area contributed by atoms with Crippen molar-refractivity contribution in [3.05, 3.63) is 34.1 Å². The number of rotatable bonds is 1. The molecule has 1 atom stereocenters. The molecule has 10 heteroatoms. The lowest BCUT2D eigenvalue weighted by Gasteiger charge is -2.37. The van der Waals surface area contributed by atoms with Gasteiger partial charge in [-0.25, -0.2) is 0 Å². The highest BCUT2D eigenvalue weighted by molar-refractivity contribution is 5.89. The number of aromatic amines is 1. The molecule has 1 aromatic carbocycles. The SMILES string of the molecule is C[C@@H]1COc2cc3[nH]c(=O)cc(C(F)(F)F)c3cc2N1CC(F)(F)F. The standard InChI is InChI=1S/C15H12F6N2O2/c1-7-5-25-12-4-10-8(2-11(12)23(7)6-14(16,17)18)9(15(19,20)21)3-13(24)22-10/h2-4,7H,5-6H2,1H3,(H,22,24)/t7-/m1/s1. The van der Waals surface area contributed by atoms with E-state index in [1.165, 1.54) is 6.92 Å². The number of benzene rings is 1. The van der Waals surface area contributed by atoms with E-state index in [0.29, 0.717) is 6.07 Å². The van der Waals surface area contributed by atoms with Crippen LogP contribution in [0.2, 0.25) is 0 Å². The summed E-state index contributed by atoms with van der Waals surface area (Å²) in [5, 5.41) is -0.393. The molecule has 3 rings (SSSR count). The normalized spacial score (nSPS) is 18.2. The van der Waals surface area contributed by atoms with Crippen molar-refractivity contribution in [1.82, 2.24) is 4.98 Å². The summed E-state index contributed by atoms with van der Waals surface area (Å²) < 4.78 is 83.4. The second-order valence-corrected chi connectivity index (χ2v) is 5.81. The van der Waals surface area contributed by atoms with Gasteiger partial charge in [0.15, 0.2) is 0 Å². The molecule has 2 heterocycles. The number of hydrogen-bond donors (Lipinski definition) is 1. The summed E-state index contributed by atoms with van der Waals surface area (Å²) >= 11 is 0. The number of ether oxygens (including phenoxy) is 1. The van der Waals surface area contributed by atoms with Crippen LogP contribution in [-0.4, -0.2) is 30.4 Å². The van der Waals surface area contributed by atoms with Gasteiger partial charge in [0.05, 0.1) is 22.8 Å². The first kappa shape index (κ1) is 17.4. The minimum atomic E-state index is -4.82. The Kier molecular flexibility index (Phi) is 3.88. The Hall–Kier alpha value is -2.39. The molecule has 0 aliphatic carbocycles. The predicted octanol–water partition coefficient (Wildman–Crippen LogP) is 3.70. The number of alkyl halides is 6. The Morgan fingerprint density at radius 3 is 2.48 bits per heavy atom. The molecular formula is C15H12F6N2O2. The van der Waals surface area contributed by atoms with Crippen molar-refractivity contribution in [2.45, 2.75) is 25.3 Å². The minimum Gasteiger partial charge on any atom is -0.489 e. The maximum absolute atomic E-state index is 13.2. The molecule has 0 unspecified atom stereocenters. The molecule has 25 heavy (non-hydrogen) atoms. The summed E-state index contributed by atoms with van der Waals surface area (Å²) in [5.41, 5.74) is -2.42. The summed E-state index contributed by atoms with van der Waals surface area (Å²) in [6.45, 7) is 0.106. The first-order chi connectivity index (χ1) is 11.5. The highest BCUT2D eigenvalue weighted by atomic mass is 19.4. The largest absolute Gasteiger partial charge is 0.489 e. The number of nitrogens with one attached hydrogen (secondary N) is 1. The van der Waals surface area contributed by atoms with E-state index < -0.39 is 41.4 Å². The summed E-state index contributed by atoms with van der Waals surface area (Å²) in [5.74, 6) is -0.00942. The van der Waals surface area contributed by atoms with Gasteiger partial charge in [-0.05, 0) is 13.0 Å². The van der Waals surface area contributed by atoms with E-state index in [1.807, 2.05) is 0 Å². The van der Waals surface area contributed by atoms with E-state index in [2.05, 4.69) is 4.98 Å². The molecule has 1 N–H and O–H groups in total. The van der Waals surface area contributed by atoms with Crippen LogP contribution in [0.15, 0.2) is 23.0 Å². The molecule has 0 spiro atoms. The van der Waals surface area contributed by atoms with E-state index >= 15 is 0 Å². The second kappa shape index (κ2) is 5.57. The maximum atomic E-state index is 13.2. The fourth-order valence-corrected chi connectivity index (χ4v) is 2.82. The minimum absolute atomic E-state index is 0.00942. The molecular weight excluding hydrogens is 354 g/mol. The molecule has 136 valence electrons. The van der Waals surface area contributed by atoms with Crippen LogP contribution in [0, 0.1) is 0 Å². The van der Waals surface area contributed by atoms with E-state index in [-0.39, 0.29) is 23.6 Å². The third-order valence-electron chi connectivity index (χ3n) is 3.90. The molecule has 0 radical (unpaired) electrons. The van der Waals surface area contributed by atoms with E-state index in [9.17, 15) is 31.1 Å². The second-order valence-electron chi connectivity index (χ2n) is 5.81. The van der Waals surface area contributed by atoms with Crippen LogP contribution in [0.5, 0.6) is 5.75 Å². The molecule has 1 aliphatic heterocycles. The maximum Gasteiger partial charge on any atom is 0.417 e. The van der Waals surface area contributed by atoms with Gasteiger partial charge in [-0.1, -0.05) is 0 Å². The fraction of sp³-hybridized carbons (Fsp3) is 0.400. The molecule has 0 bridgehead atoms. The van der Waals surface area contributed by atoms with Crippen LogP contribution >= 0.6 is 0 Å². The van der Waals surface area contributed by atoms with Gasteiger partial charge in [-0.15, -0.1) is 0 Å². The first-order valence-corrected chi connectivity index (χ1v) is 7.20. The Balaban J connectivity index is 2.25. The number of hydrogen-bond acceptors (Lipinski definition) is 3. The van der Waals surface area contributed by atoms with E-state index in [1.54, 1.807) is 0 Å². The van der Waals surface area contributed by atoms with Crippen molar-refractivity contribution < 1.29 is 31.1 Å². The first-order valence-electron chi connectivity index (χ1n) is 7.20. The average molecular weight is 366 g/mol. The molecule has 2 aromatic rings. The number of nitrogens with zero attached hydrogens (tertiary/aromatic N) is 1. The average Bonchev–Trinajstić information content (AvgIpc) is 2.46.